The van der Waals surface area contributed by atoms with Gasteiger partial charge < -0.3 is 10.6 Å². The normalized spacial score (nSPS) is 20.4. The van der Waals surface area contributed by atoms with Crippen LogP contribution in [0.25, 0.3) is 0 Å². The van der Waals surface area contributed by atoms with Crippen molar-refractivity contribution in [2.24, 2.45) is 5.73 Å². The zero-order valence-corrected chi connectivity index (χ0v) is 12.5. The minimum absolute atomic E-state index is 0.211. The largest absolute Gasteiger partial charge is 0.370 e. The maximum absolute atomic E-state index is 12.6. The molecule has 1 fully saturated rings. The van der Waals surface area contributed by atoms with Crippen LogP contribution in [0.4, 0.5) is 0 Å². The highest BCUT2D eigenvalue weighted by Gasteiger charge is 2.39. The van der Waals surface area contributed by atoms with Gasteiger partial charge >= 0.3 is 0 Å². The molecule has 120 valence electrons. The van der Waals surface area contributed by atoms with Crippen LogP contribution in [0, 0.1) is 0 Å². The third kappa shape index (κ3) is 2.81. The Kier molecular flexibility index (Phi) is 3.85. The Morgan fingerprint density at radius 2 is 2.09 bits per heavy atom. The van der Waals surface area contributed by atoms with E-state index in [0.717, 1.165) is 11.1 Å². The SMILES string of the molecule is NC(=O)CCc1cccc2c1CN(C1CCC(=O)NC1=O)C2=O. The number of fused-ring (bicyclic) bond motifs is 1. The van der Waals surface area contributed by atoms with E-state index in [2.05, 4.69) is 5.32 Å². The number of carbonyl (C=O) groups excluding carboxylic acids is 4. The fraction of sp³-hybridized carbons (Fsp3) is 0.375. The lowest BCUT2D eigenvalue weighted by Gasteiger charge is -2.29. The lowest BCUT2D eigenvalue weighted by Crippen LogP contribution is -2.52. The zero-order chi connectivity index (χ0) is 16.6. The summed E-state index contributed by atoms with van der Waals surface area (Å²) in [5, 5.41) is 2.28. The van der Waals surface area contributed by atoms with Gasteiger partial charge in [-0.2, -0.15) is 0 Å². The van der Waals surface area contributed by atoms with Crippen LogP contribution in [0.2, 0.25) is 0 Å². The highest BCUT2D eigenvalue weighted by atomic mass is 16.2. The minimum atomic E-state index is -0.628. The first kappa shape index (κ1) is 15.2. The van der Waals surface area contributed by atoms with Crippen LogP contribution in [0.1, 0.15) is 40.7 Å². The summed E-state index contributed by atoms with van der Waals surface area (Å²) in [4.78, 5) is 48.3. The molecule has 1 aromatic carbocycles. The molecule has 1 aromatic rings. The van der Waals surface area contributed by atoms with Crippen molar-refractivity contribution in [2.75, 3.05) is 0 Å². The predicted octanol–water partition coefficient (Wildman–Crippen LogP) is -0.135. The molecule has 1 atom stereocenters. The van der Waals surface area contributed by atoms with Crippen LogP contribution in [0.5, 0.6) is 0 Å². The van der Waals surface area contributed by atoms with Crippen LogP contribution in [0.15, 0.2) is 18.2 Å². The third-order valence-electron chi connectivity index (χ3n) is 4.32. The Hall–Kier alpha value is -2.70. The maximum atomic E-state index is 12.6. The smallest absolute Gasteiger partial charge is 0.255 e. The first-order chi connectivity index (χ1) is 11.0. The summed E-state index contributed by atoms with van der Waals surface area (Å²) < 4.78 is 0. The highest BCUT2D eigenvalue weighted by molar-refractivity contribution is 6.05. The van der Waals surface area contributed by atoms with Gasteiger partial charge in [-0.1, -0.05) is 12.1 Å². The van der Waals surface area contributed by atoms with Crippen molar-refractivity contribution in [1.82, 2.24) is 10.2 Å². The van der Waals surface area contributed by atoms with Crippen LogP contribution in [-0.2, 0) is 27.3 Å². The molecule has 0 aliphatic carbocycles. The van der Waals surface area contributed by atoms with E-state index in [0.29, 0.717) is 24.9 Å². The molecule has 2 heterocycles. The lowest BCUT2D eigenvalue weighted by atomic mass is 9.99. The molecule has 7 heteroatoms. The Morgan fingerprint density at radius 3 is 2.78 bits per heavy atom. The molecule has 0 saturated carbocycles. The van der Waals surface area contributed by atoms with E-state index in [1.165, 1.54) is 4.90 Å². The number of nitrogens with one attached hydrogen (secondary N) is 1. The first-order valence-corrected chi connectivity index (χ1v) is 7.51. The number of imide groups is 1. The molecule has 0 radical (unpaired) electrons. The van der Waals surface area contributed by atoms with Crippen molar-refractivity contribution in [3.05, 3.63) is 34.9 Å². The summed E-state index contributed by atoms with van der Waals surface area (Å²) in [5.41, 5.74) is 7.47. The number of hydrogen-bond acceptors (Lipinski definition) is 4. The van der Waals surface area contributed by atoms with Gasteiger partial charge in [-0.05, 0) is 30.0 Å². The number of rotatable bonds is 4. The zero-order valence-electron chi connectivity index (χ0n) is 12.5. The van der Waals surface area contributed by atoms with Gasteiger partial charge in [0.05, 0.1) is 0 Å². The molecule has 7 nitrogen and oxygen atoms in total. The highest BCUT2D eigenvalue weighted by Crippen LogP contribution is 2.30. The van der Waals surface area contributed by atoms with Gasteiger partial charge in [-0.3, -0.25) is 24.5 Å². The number of nitrogens with zero attached hydrogens (tertiary/aromatic N) is 1. The topological polar surface area (TPSA) is 110 Å². The lowest BCUT2D eigenvalue weighted by molar-refractivity contribution is -0.137. The van der Waals surface area contributed by atoms with E-state index in [1.54, 1.807) is 12.1 Å². The number of nitrogens with two attached hydrogens (primary N) is 1. The standard InChI is InChI=1S/C16H17N3O4/c17-13(20)6-4-9-2-1-3-10-11(9)8-19(16(10)23)12-5-7-14(21)18-15(12)22/h1-3,12H,4-8H2,(H2,17,20)(H,18,21,22). The summed E-state index contributed by atoms with van der Waals surface area (Å²) in [6.45, 7) is 0.315. The first-order valence-electron chi connectivity index (χ1n) is 7.51. The molecule has 3 rings (SSSR count). The number of benzene rings is 1. The summed E-state index contributed by atoms with van der Waals surface area (Å²) in [6.07, 6.45) is 1.24. The average Bonchev–Trinajstić information content (AvgIpc) is 2.83. The molecule has 0 bridgehead atoms. The summed E-state index contributed by atoms with van der Waals surface area (Å²) >= 11 is 0. The Balaban J connectivity index is 1.84. The maximum Gasteiger partial charge on any atom is 0.255 e. The number of aryl methyl sites for hydroxylation is 1. The van der Waals surface area contributed by atoms with Gasteiger partial charge in [0.15, 0.2) is 0 Å². The molecule has 0 spiro atoms. The number of amides is 4. The van der Waals surface area contributed by atoms with Crippen molar-refractivity contribution < 1.29 is 19.2 Å². The molecule has 2 aliphatic rings. The van der Waals surface area contributed by atoms with Gasteiger partial charge in [0.25, 0.3) is 5.91 Å². The molecular formula is C16H17N3O4. The summed E-state index contributed by atoms with van der Waals surface area (Å²) in [6, 6.07) is 4.72. The quantitative estimate of drug-likeness (QED) is 0.754. The summed E-state index contributed by atoms with van der Waals surface area (Å²) in [5.74, 6) is -1.34. The minimum Gasteiger partial charge on any atom is -0.370 e. The van der Waals surface area contributed by atoms with Crippen LogP contribution in [-0.4, -0.2) is 34.6 Å². The Labute approximate surface area is 132 Å². The van der Waals surface area contributed by atoms with E-state index in [-0.39, 0.29) is 24.7 Å². The van der Waals surface area contributed by atoms with Gasteiger partial charge in [-0.25, -0.2) is 0 Å². The van der Waals surface area contributed by atoms with E-state index < -0.39 is 17.9 Å². The second-order valence-electron chi connectivity index (χ2n) is 5.81. The van der Waals surface area contributed by atoms with Gasteiger partial charge in [0, 0.05) is 24.9 Å². The van der Waals surface area contributed by atoms with Crippen molar-refractivity contribution in [3.8, 4) is 0 Å². The Bertz CT molecular complexity index is 713. The number of carbonyl (C=O) groups is 4. The number of primary amides is 1. The van der Waals surface area contributed by atoms with E-state index in [4.69, 9.17) is 5.73 Å². The fourth-order valence-electron chi connectivity index (χ4n) is 3.14. The molecule has 1 unspecified atom stereocenters. The second-order valence-corrected chi connectivity index (χ2v) is 5.81. The van der Waals surface area contributed by atoms with Crippen molar-refractivity contribution >= 4 is 23.6 Å². The predicted molar refractivity (Wildman–Crippen MR) is 80.0 cm³/mol. The number of piperidine rings is 1. The molecule has 23 heavy (non-hydrogen) atoms. The molecule has 0 aromatic heterocycles. The fourth-order valence-corrected chi connectivity index (χ4v) is 3.14. The molecule has 4 amide bonds. The van der Waals surface area contributed by atoms with Gasteiger partial charge in [0.2, 0.25) is 17.7 Å². The molecule has 1 saturated heterocycles. The molecule has 3 N–H and O–H groups in total. The van der Waals surface area contributed by atoms with E-state index in [1.807, 2.05) is 6.07 Å². The molecule has 2 aliphatic heterocycles. The number of hydrogen-bond donors (Lipinski definition) is 2. The van der Waals surface area contributed by atoms with Crippen LogP contribution >= 0.6 is 0 Å². The monoisotopic (exact) mass is 315 g/mol. The van der Waals surface area contributed by atoms with E-state index >= 15 is 0 Å². The van der Waals surface area contributed by atoms with Crippen LogP contribution in [0.3, 0.4) is 0 Å². The van der Waals surface area contributed by atoms with Crippen molar-refractivity contribution in [3.63, 3.8) is 0 Å². The molecular weight excluding hydrogens is 298 g/mol. The van der Waals surface area contributed by atoms with Gasteiger partial charge in [-0.15, -0.1) is 0 Å². The van der Waals surface area contributed by atoms with E-state index in [9.17, 15) is 19.2 Å². The Morgan fingerprint density at radius 1 is 1.30 bits per heavy atom. The third-order valence-corrected chi connectivity index (χ3v) is 4.32. The van der Waals surface area contributed by atoms with Crippen molar-refractivity contribution in [2.45, 2.75) is 38.3 Å². The average molecular weight is 315 g/mol. The van der Waals surface area contributed by atoms with Gasteiger partial charge in [0.1, 0.15) is 6.04 Å². The van der Waals surface area contributed by atoms with Crippen molar-refractivity contribution in [1.29, 1.82) is 0 Å². The van der Waals surface area contributed by atoms with Crippen LogP contribution < -0.4 is 11.1 Å². The second kappa shape index (κ2) is 5.83. The summed E-state index contributed by atoms with van der Waals surface area (Å²) in [7, 11) is 0.